The highest BCUT2D eigenvalue weighted by Gasteiger charge is 2.69. The van der Waals surface area contributed by atoms with Gasteiger partial charge in [0.25, 0.3) is 6.71 Å². The highest BCUT2D eigenvalue weighted by atomic mass is 19.2. The predicted molar refractivity (Wildman–Crippen MR) is 157 cm³/mol. The number of nitrogens with zero attached hydrogens (tertiary/aromatic N) is 2. The van der Waals surface area contributed by atoms with E-state index in [0.29, 0.717) is 12.0 Å². The van der Waals surface area contributed by atoms with Crippen LogP contribution in [0.15, 0.2) is 42.5 Å². The molecular formula is C34H35BF2N2. The maximum Gasteiger partial charge on any atom is 0.252 e. The molecular weight excluding hydrogens is 485 g/mol. The number of fused-ring (bicyclic) bond motifs is 10. The molecule has 5 heteroatoms. The van der Waals surface area contributed by atoms with Crippen molar-refractivity contribution in [3.8, 4) is 0 Å². The van der Waals surface area contributed by atoms with Gasteiger partial charge in [-0.2, -0.15) is 0 Å². The summed E-state index contributed by atoms with van der Waals surface area (Å²) in [5, 5.41) is 0. The van der Waals surface area contributed by atoms with Gasteiger partial charge in [-0.3, -0.25) is 0 Å². The molecule has 0 radical (unpaired) electrons. The van der Waals surface area contributed by atoms with Crippen molar-refractivity contribution in [3.63, 3.8) is 0 Å². The van der Waals surface area contributed by atoms with Gasteiger partial charge in [-0.25, -0.2) is 8.78 Å². The standard InChI is InChI=1S/C34H35BF2N2/c1-20-16-23-30-25(17-20)35-24-11-9-10-22-29(24)38(32(4)13-6-5-12-31(22,32)3)26-18-21(2)19-27(28(26)35)39(30)34(37)15-8-7-14-33(23,34)36/h9-11,16-19H,5-8,12-15H2,1-4H3. The molecule has 2 aliphatic carbocycles. The molecule has 4 aliphatic heterocycles. The molecule has 9 rings (SSSR count). The smallest absolute Gasteiger partial charge is 0.252 e. The fourth-order valence-corrected chi connectivity index (χ4v) is 10.1. The number of benzene rings is 3. The summed E-state index contributed by atoms with van der Waals surface area (Å²) in [7, 11) is 0. The minimum Gasteiger partial charge on any atom is -0.335 e. The Balaban J connectivity index is 1.44. The zero-order valence-corrected chi connectivity index (χ0v) is 23.4. The minimum absolute atomic E-state index is 0.0218. The van der Waals surface area contributed by atoms with Gasteiger partial charge in [-0.1, -0.05) is 55.7 Å². The minimum atomic E-state index is -2.06. The second kappa shape index (κ2) is 6.73. The van der Waals surface area contributed by atoms with Crippen molar-refractivity contribution in [3.05, 3.63) is 64.7 Å². The van der Waals surface area contributed by atoms with Crippen LogP contribution >= 0.6 is 0 Å². The van der Waals surface area contributed by atoms with Crippen LogP contribution in [0.5, 0.6) is 0 Å². The van der Waals surface area contributed by atoms with Crippen LogP contribution in [0.1, 0.15) is 87.5 Å². The van der Waals surface area contributed by atoms with Crippen molar-refractivity contribution in [2.75, 3.05) is 9.80 Å². The SMILES string of the molecule is Cc1cc2c3c(c1)N1c4c(cc(C)cc4C4(F)CCCCC14F)B3c1cccc3c1N2C1(C)CCCCC31C. The third-order valence-electron chi connectivity index (χ3n) is 12.0. The van der Waals surface area contributed by atoms with E-state index >= 15 is 8.78 Å². The van der Waals surface area contributed by atoms with E-state index in [1.54, 1.807) is 0 Å². The van der Waals surface area contributed by atoms with E-state index in [1.165, 1.54) is 47.1 Å². The van der Waals surface area contributed by atoms with Crippen molar-refractivity contribution in [1.29, 1.82) is 0 Å². The van der Waals surface area contributed by atoms with E-state index in [0.717, 1.165) is 40.8 Å². The molecule has 39 heavy (non-hydrogen) atoms. The Labute approximate surface area is 230 Å². The van der Waals surface area contributed by atoms with Crippen molar-refractivity contribution < 1.29 is 8.78 Å². The Hall–Kier alpha value is -2.82. The lowest BCUT2D eigenvalue weighted by atomic mass is 9.33. The van der Waals surface area contributed by atoms with E-state index in [2.05, 4.69) is 69.0 Å². The molecule has 0 aromatic heterocycles. The third kappa shape index (κ3) is 2.25. The van der Waals surface area contributed by atoms with Crippen LogP contribution in [0, 0.1) is 13.8 Å². The zero-order valence-electron chi connectivity index (χ0n) is 23.4. The van der Waals surface area contributed by atoms with Crippen molar-refractivity contribution in [2.24, 2.45) is 0 Å². The highest BCUT2D eigenvalue weighted by Crippen LogP contribution is 2.65. The Kier molecular flexibility index (Phi) is 3.96. The normalized spacial score (nSPS) is 34.4. The summed E-state index contributed by atoms with van der Waals surface area (Å²) in [6.45, 7) is 9.10. The van der Waals surface area contributed by atoms with Crippen molar-refractivity contribution >= 4 is 45.9 Å². The van der Waals surface area contributed by atoms with Crippen LogP contribution in [0.4, 0.5) is 31.5 Å². The fourth-order valence-electron chi connectivity index (χ4n) is 10.1. The quantitative estimate of drug-likeness (QED) is 0.239. The Morgan fingerprint density at radius 2 is 1.38 bits per heavy atom. The summed E-state index contributed by atoms with van der Waals surface area (Å²) < 4.78 is 34.8. The molecule has 0 bridgehead atoms. The molecule has 2 fully saturated rings. The van der Waals surface area contributed by atoms with Gasteiger partial charge >= 0.3 is 0 Å². The maximum atomic E-state index is 17.6. The van der Waals surface area contributed by atoms with Crippen molar-refractivity contribution in [2.45, 2.75) is 101 Å². The summed E-state index contributed by atoms with van der Waals surface area (Å²) in [5.74, 6) is -2.06. The first-order valence-corrected chi connectivity index (χ1v) is 15.1. The van der Waals surface area contributed by atoms with Crippen LogP contribution < -0.4 is 26.2 Å². The molecule has 4 heterocycles. The van der Waals surface area contributed by atoms with Crippen LogP contribution in [-0.2, 0) is 11.1 Å². The summed E-state index contributed by atoms with van der Waals surface area (Å²) >= 11 is 0. The number of para-hydroxylation sites is 1. The topological polar surface area (TPSA) is 6.48 Å². The Morgan fingerprint density at radius 1 is 0.718 bits per heavy atom. The molecule has 0 saturated heterocycles. The molecule has 0 amide bonds. The van der Waals surface area contributed by atoms with Gasteiger partial charge in [0.15, 0.2) is 5.67 Å². The average Bonchev–Trinajstić information content (AvgIpc) is 3.25. The highest BCUT2D eigenvalue weighted by molar-refractivity contribution is 7.00. The summed E-state index contributed by atoms with van der Waals surface area (Å²) in [6, 6.07) is 15.6. The first kappa shape index (κ1) is 22.9. The van der Waals surface area contributed by atoms with Gasteiger partial charge in [0.2, 0.25) is 5.79 Å². The number of rotatable bonds is 0. The van der Waals surface area contributed by atoms with E-state index in [9.17, 15) is 0 Å². The van der Waals surface area contributed by atoms with Gasteiger partial charge in [0.1, 0.15) is 0 Å². The average molecular weight is 520 g/mol. The lowest BCUT2D eigenvalue weighted by Crippen LogP contribution is -2.66. The predicted octanol–water partition coefficient (Wildman–Crippen LogP) is 6.74. The molecule has 3 aromatic carbocycles. The van der Waals surface area contributed by atoms with E-state index in [-0.39, 0.29) is 30.5 Å². The number of halogens is 2. The molecule has 2 nitrogen and oxygen atoms in total. The molecule has 4 unspecified atom stereocenters. The Morgan fingerprint density at radius 3 is 2.21 bits per heavy atom. The van der Waals surface area contributed by atoms with Gasteiger partial charge in [-0.05, 0) is 92.5 Å². The zero-order chi connectivity index (χ0) is 26.7. The lowest BCUT2D eigenvalue weighted by Gasteiger charge is -2.53. The fraction of sp³-hybridized carbons (Fsp3) is 0.471. The number of aryl methyl sites for hydroxylation is 2. The number of alkyl halides is 2. The largest absolute Gasteiger partial charge is 0.335 e. The lowest BCUT2D eigenvalue weighted by molar-refractivity contribution is -0.0615. The molecule has 198 valence electrons. The first-order valence-electron chi connectivity index (χ1n) is 15.1. The monoisotopic (exact) mass is 520 g/mol. The molecule has 0 spiro atoms. The number of hydrogen-bond acceptors (Lipinski definition) is 2. The first-order chi connectivity index (χ1) is 18.6. The number of anilines is 4. The van der Waals surface area contributed by atoms with Gasteiger partial charge in [-0.15, -0.1) is 0 Å². The molecule has 0 N–H and O–H groups in total. The number of hydrogen-bond donors (Lipinski definition) is 0. The van der Waals surface area contributed by atoms with Gasteiger partial charge < -0.3 is 9.80 Å². The van der Waals surface area contributed by atoms with Gasteiger partial charge in [0, 0.05) is 40.1 Å². The summed E-state index contributed by atoms with van der Waals surface area (Å²) in [5.41, 5.74) is 10.0. The van der Waals surface area contributed by atoms with Crippen LogP contribution in [0.2, 0.25) is 0 Å². The van der Waals surface area contributed by atoms with Crippen LogP contribution in [0.3, 0.4) is 0 Å². The van der Waals surface area contributed by atoms with E-state index in [4.69, 9.17) is 0 Å². The van der Waals surface area contributed by atoms with Crippen LogP contribution in [0.25, 0.3) is 0 Å². The maximum absolute atomic E-state index is 17.6. The van der Waals surface area contributed by atoms with Gasteiger partial charge in [0.05, 0.1) is 5.54 Å². The second-order valence-corrected chi connectivity index (χ2v) is 13.9. The second-order valence-electron chi connectivity index (χ2n) is 13.9. The molecule has 2 saturated carbocycles. The summed E-state index contributed by atoms with van der Waals surface area (Å²) in [6.07, 6.45) is 6.70. The molecule has 6 aliphatic rings. The third-order valence-corrected chi connectivity index (χ3v) is 12.0. The Bertz CT molecular complexity index is 1630. The summed E-state index contributed by atoms with van der Waals surface area (Å²) in [4.78, 5) is 4.50. The van der Waals surface area contributed by atoms with Crippen molar-refractivity contribution in [1.82, 2.24) is 0 Å². The van der Waals surface area contributed by atoms with E-state index < -0.39 is 11.5 Å². The molecule has 4 atom stereocenters. The van der Waals surface area contributed by atoms with E-state index in [1.807, 2.05) is 11.0 Å². The van der Waals surface area contributed by atoms with Crippen LogP contribution in [-0.4, -0.2) is 18.0 Å². The molecule has 3 aromatic rings.